The van der Waals surface area contributed by atoms with Crippen molar-refractivity contribution in [3.63, 3.8) is 0 Å². The Morgan fingerprint density at radius 3 is 1.73 bits per heavy atom. The van der Waals surface area contributed by atoms with Gasteiger partial charge in [0.2, 0.25) is 0 Å². The third-order valence-corrected chi connectivity index (χ3v) is 4.18. The topological polar surface area (TPSA) is 24.1 Å². The lowest BCUT2D eigenvalue weighted by Gasteiger charge is -2.11. The number of benzene rings is 1. The van der Waals surface area contributed by atoms with E-state index in [-0.39, 0.29) is 0 Å². The number of rotatable bonds is 10. The van der Waals surface area contributed by atoms with Crippen LogP contribution in [0.25, 0.3) is 0 Å². The summed E-state index contributed by atoms with van der Waals surface area (Å²) in [7, 11) is 0. The normalized spacial score (nSPS) is 10.3. The highest BCUT2D eigenvalue weighted by Crippen LogP contribution is 2.06. The lowest BCUT2D eigenvalue weighted by atomic mass is 10.1. The van der Waals surface area contributed by atoms with E-state index in [1.807, 2.05) is 0 Å². The molecule has 1 aromatic rings. The molecule has 0 fully saturated rings. The van der Waals surface area contributed by atoms with Gasteiger partial charge in [-0.2, -0.15) is 0 Å². The highest BCUT2D eigenvalue weighted by molar-refractivity contribution is 7.80. The zero-order valence-corrected chi connectivity index (χ0v) is 15.4. The van der Waals surface area contributed by atoms with E-state index in [0.717, 1.165) is 48.7 Å². The monoisotopic (exact) mass is 336 g/mol. The van der Waals surface area contributed by atoms with Crippen molar-refractivity contribution in [2.45, 2.75) is 65.5 Å². The summed E-state index contributed by atoms with van der Waals surface area (Å²) in [4.78, 5) is 1.93. The number of hydrogen-bond donors (Lipinski definition) is 2. The fraction of sp³-hybridized carbons (Fsp3) is 0.556. The molecule has 0 saturated heterocycles. The van der Waals surface area contributed by atoms with Crippen molar-refractivity contribution in [3.8, 4) is 0 Å². The molecule has 1 aromatic carbocycles. The van der Waals surface area contributed by atoms with E-state index in [0.29, 0.717) is 0 Å². The molecular formula is C18H28N2S2. The molecule has 0 bridgehead atoms. The third kappa shape index (κ3) is 8.44. The molecule has 0 radical (unpaired) electrons. The van der Waals surface area contributed by atoms with Crippen LogP contribution in [0.3, 0.4) is 0 Å². The second-order valence-electron chi connectivity index (χ2n) is 5.58. The van der Waals surface area contributed by atoms with Crippen LogP contribution in [0.2, 0.25) is 0 Å². The van der Waals surface area contributed by atoms with Gasteiger partial charge in [-0.3, -0.25) is 0 Å². The SMILES string of the molecule is CCCCC(=S)NCc1cccc(CNC(=S)CCCC)c1. The average Bonchev–Trinajstić information content (AvgIpc) is 2.54. The van der Waals surface area contributed by atoms with Crippen molar-refractivity contribution < 1.29 is 0 Å². The third-order valence-electron chi connectivity index (χ3n) is 3.49. The summed E-state index contributed by atoms with van der Waals surface area (Å²) in [6.45, 7) is 5.97. The Kier molecular flexibility index (Phi) is 10.0. The molecule has 0 aromatic heterocycles. The molecule has 0 aliphatic heterocycles. The Balaban J connectivity index is 2.38. The van der Waals surface area contributed by atoms with Gasteiger partial charge < -0.3 is 10.6 Å². The first-order valence-electron chi connectivity index (χ1n) is 8.27. The Labute approximate surface area is 146 Å². The van der Waals surface area contributed by atoms with Crippen molar-refractivity contribution in [1.29, 1.82) is 0 Å². The highest BCUT2D eigenvalue weighted by atomic mass is 32.1. The van der Waals surface area contributed by atoms with Gasteiger partial charge in [0, 0.05) is 13.1 Å². The number of hydrogen-bond acceptors (Lipinski definition) is 2. The lowest BCUT2D eigenvalue weighted by Crippen LogP contribution is -2.22. The van der Waals surface area contributed by atoms with Gasteiger partial charge in [0.25, 0.3) is 0 Å². The lowest BCUT2D eigenvalue weighted by molar-refractivity contribution is 0.800. The van der Waals surface area contributed by atoms with Crippen molar-refractivity contribution >= 4 is 34.4 Å². The number of thiocarbonyl (C=S) groups is 2. The fourth-order valence-corrected chi connectivity index (χ4v) is 2.54. The first-order chi connectivity index (χ1) is 10.7. The van der Waals surface area contributed by atoms with Crippen LogP contribution >= 0.6 is 24.4 Å². The summed E-state index contributed by atoms with van der Waals surface area (Å²) in [5.41, 5.74) is 2.52. The number of nitrogens with one attached hydrogen (secondary N) is 2. The van der Waals surface area contributed by atoms with Crippen LogP contribution in [0.4, 0.5) is 0 Å². The number of unbranched alkanes of at least 4 members (excludes halogenated alkanes) is 2. The maximum atomic E-state index is 5.34. The van der Waals surface area contributed by atoms with E-state index in [1.54, 1.807) is 0 Å². The van der Waals surface area contributed by atoms with Crippen LogP contribution < -0.4 is 10.6 Å². The van der Waals surface area contributed by atoms with Gasteiger partial charge in [-0.05, 0) is 36.8 Å². The Bertz CT molecular complexity index is 433. The molecule has 1 rings (SSSR count). The maximum Gasteiger partial charge on any atom is 0.0756 e. The summed E-state index contributed by atoms with van der Waals surface area (Å²) >= 11 is 10.7. The van der Waals surface area contributed by atoms with Crippen LogP contribution in [0.5, 0.6) is 0 Å². The van der Waals surface area contributed by atoms with Crippen LogP contribution in [0, 0.1) is 0 Å². The van der Waals surface area contributed by atoms with E-state index in [1.165, 1.54) is 24.0 Å². The van der Waals surface area contributed by atoms with Gasteiger partial charge in [0.05, 0.1) is 9.98 Å². The Morgan fingerprint density at radius 1 is 0.864 bits per heavy atom. The standard InChI is InChI=1S/C18H28N2S2/c1-3-5-10-17(21)19-13-15-8-7-9-16(12-15)14-20-18(22)11-6-4-2/h7-9,12H,3-6,10-11,13-14H2,1-2H3,(H,19,21)(H,20,22). The molecule has 2 nitrogen and oxygen atoms in total. The van der Waals surface area contributed by atoms with Gasteiger partial charge in [0.1, 0.15) is 0 Å². The van der Waals surface area contributed by atoms with Crippen LogP contribution in [-0.2, 0) is 13.1 Å². The molecule has 122 valence electrons. The van der Waals surface area contributed by atoms with Crippen molar-refractivity contribution in [2.75, 3.05) is 0 Å². The minimum atomic E-state index is 0.802. The molecule has 0 heterocycles. The smallest absolute Gasteiger partial charge is 0.0756 e. The second kappa shape index (κ2) is 11.6. The molecule has 0 unspecified atom stereocenters. The summed E-state index contributed by atoms with van der Waals surface area (Å²) in [5, 5.41) is 6.68. The van der Waals surface area contributed by atoms with Crippen molar-refractivity contribution in [3.05, 3.63) is 35.4 Å². The Morgan fingerprint density at radius 2 is 1.32 bits per heavy atom. The van der Waals surface area contributed by atoms with Crippen LogP contribution in [0.15, 0.2) is 24.3 Å². The molecule has 0 aliphatic rings. The first kappa shape index (κ1) is 19.0. The molecule has 0 spiro atoms. The molecule has 22 heavy (non-hydrogen) atoms. The molecule has 0 saturated carbocycles. The minimum Gasteiger partial charge on any atom is -0.376 e. The van der Waals surface area contributed by atoms with Gasteiger partial charge in [-0.1, -0.05) is 75.4 Å². The molecule has 0 aliphatic carbocycles. The van der Waals surface area contributed by atoms with Crippen molar-refractivity contribution in [1.82, 2.24) is 10.6 Å². The summed E-state index contributed by atoms with van der Waals surface area (Å²) in [6.07, 6.45) is 6.65. The van der Waals surface area contributed by atoms with Crippen LogP contribution in [-0.4, -0.2) is 9.98 Å². The molecular weight excluding hydrogens is 308 g/mol. The quantitative estimate of drug-likeness (QED) is 0.593. The molecule has 2 N–H and O–H groups in total. The maximum absolute atomic E-state index is 5.34. The molecule has 0 amide bonds. The van der Waals surface area contributed by atoms with E-state index < -0.39 is 0 Å². The average molecular weight is 337 g/mol. The fourth-order valence-electron chi connectivity index (χ4n) is 2.10. The van der Waals surface area contributed by atoms with Gasteiger partial charge >= 0.3 is 0 Å². The summed E-state index contributed by atoms with van der Waals surface area (Å²) in [6, 6.07) is 8.58. The molecule has 0 atom stereocenters. The zero-order chi connectivity index (χ0) is 16.2. The minimum absolute atomic E-state index is 0.802. The largest absolute Gasteiger partial charge is 0.376 e. The zero-order valence-electron chi connectivity index (χ0n) is 13.8. The van der Waals surface area contributed by atoms with E-state index in [2.05, 4.69) is 48.7 Å². The summed E-state index contributed by atoms with van der Waals surface area (Å²) < 4.78 is 0. The first-order valence-corrected chi connectivity index (χ1v) is 9.08. The van der Waals surface area contributed by atoms with E-state index >= 15 is 0 Å². The Hall–Kier alpha value is -1.000. The van der Waals surface area contributed by atoms with Gasteiger partial charge in [0.15, 0.2) is 0 Å². The molecule has 4 heteroatoms. The van der Waals surface area contributed by atoms with E-state index in [9.17, 15) is 0 Å². The summed E-state index contributed by atoms with van der Waals surface area (Å²) in [5.74, 6) is 0. The van der Waals surface area contributed by atoms with Gasteiger partial charge in [-0.15, -0.1) is 0 Å². The predicted octanol–water partition coefficient (Wildman–Crippen LogP) is 4.90. The van der Waals surface area contributed by atoms with E-state index in [4.69, 9.17) is 24.4 Å². The van der Waals surface area contributed by atoms with Crippen LogP contribution in [0.1, 0.15) is 63.5 Å². The van der Waals surface area contributed by atoms with Crippen molar-refractivity contribution in [2.24, 2.45) is 0 Å². The van der Waals surface area contributed by atoms with Gasteiger partial charge in [-0.25, -0.2) is 0 Å². The highest BCUT2D eigenvalue weighted by Gasteiger charge is 2.00. The predicted molar refractivity (Wildman–Crippen MR) is 104 cm³/mol. The second-order valence-corrected chi connectivity index (χ2v) is 6.57.